The van der Waals surface area contributed by atoms with Gasteiger partial charge in [-0.2, -0.15) is 0 Å². The molecule has 2 N–H and O–H groups in total. The van der Waals surface area contributed by atoms with Crippen molar-refractivity contribution in [2.45, 2.75) is 37.3 Å². The quantitative estimate of drug-likeness (QED) is 0.323. The zero-order valence-electron chi connectivity index (χ0n) is 26.0. The van der Waals surface area contributed by atoms with Crippen LogP contribution >= 0.6 is 11.6 Å². The van der Waals surface area contributed by atoms with Gasteiger partial charge in [-0.15, -0.1) is 0 Å². The first-order chi connectivity index (χ1) is 22.5. The molecule has 11 nitrogen and oxygen atoms in total. The highest BCUT2D eigenvalue weighted by Gasteiger charge is 2.51. The van der Waals surface area contributed by atoms with Gasteiger partial charge in [0, 0.05) is 68.1 Å². The number of halogens is 2. The second kappa shape index (κ2) is 11.5. The van der Waals surface area contributed by atoms with Crippen LogP contribution in [0.2, 0.25) is 5.02 Å². The molecular weight excluding hydrogens is 627 g/mol. The predicted octanol–water partition coefficient (Wildman–Crippen LogP) is 3.82. The highest BCUT2D eigenvalue weighted by atomic mass is 35.5. The van der Waals surface area contributed by atoms with Crippen LogP contribution in [0, 0.1) is 5.82 Å². The summed E-state index contributed by atoms with van der Waals surface area (Å²) in [5.41, 5.74) is 1.89. The average Bonchev–Trinajstić information content (AvgIpc) is 3.65. The van der Waals surface area contributed by atoms with Crippen LogP contribution in [0.1, 0.15) is 46.8 Å². The lowest BCUT2D eigenvalue weighted by molar-refractivity contribution is -0.121. The summed E-state index contributed by atoms with van der Waals surface area (Å²) in [7, 11) is 4.27. The van der Waals surface area contributed by atoms with Crippen LogP contribution in [0.4, 0.5) is 10.1 Å². The van der Waals surface area contributed by atoms with Crippen LogP contribution < -0.4 is 26.6 Å². The summed E-state index contributed by atoms with van der Waals surface area (Å²) in [6.07, 6.45) is 4.29. The van der Waals surface area contributed by atoms with Gasteiger partial charge in [0.25, 0.3) is 11.5 Å². The first-order valence-corrected chi connectivity index (χ1v) is 15.7. The molecule has 7 rings (SSSR count). The molecule has 0 radical (unpaired) electrons. The lowest BCUT2D eigenvalue weighted by Gasteiger charge is -2.50. The molecule has 2 aromatic heterocycles. The number of rotatable bonds is 6. The van der Waals surface area contributed by atoms with E-state index in [1.807, 2.05) is 12.1 Å². The smallest absolute Gasteiger partial charge is 0.330 e. The summed E-state index contributed by atoms with van der Waals surface area (Å²) >= 11 is 6.96. The highest BCUT2D eigenvalue weighted by molar-refractivity contribution is 6.36. The van der Waals surface area contributed by atoms with Crippen molar-refractivity contribution in [3.63, 3.8) is 0 Å². The summed E-state index contributed by atoms with van der Waals surface area (Å²) in [4.78, 5) is 56.7. The number of nitrogens with zero attached hydrogens (tertiary/aromatic N) is 4. The van der Waals surface area contributed by atoms with Gasteiger partial charge in [-0.05, 0) is 37.0 Å². The molecule has 0 bridgehead atoms. The maximum atomic E-state index is 16.0. The van der Waals surface area contributed by atoms with Gasteiger partial charge < -0.3 is 19.9 Å². The van der Waals surface area contributed by atoms with Crippen LogP contribution in [-0.4, -0.2) is 56.6 Å². The number of carbonyl (C=O) groups excluding carboxylic acids is 2. The van der Waals surface area contributed by atoms with Gasteiger partial charge in [0.1, 0.15) is 5.56 Å². The number of likely N-dealkylation sites (tertiary alicyclic amines) is 1. The summed E-state index contributed by atoms with van der Waals surface area (Å²) in [6.45, 7) is 1.60. The summed E-state index contributed by atoms with van der Waals surface area (Å²) in [6, 6.07) is 11.9. The number of benzene rings is 2. The summed E-state index contributed by atoms with van der Waals surface area (Å²) in [5, 5.41) is 5.88. The zero-order valence-corrected chi connectivity index (χ0v) is 26.8. The van der Waals surface area contributed by atoms with Gasteiger partial charge in [-0.25, -0.2) is 14.2 Å². The topological polar surface area (TPSA) is 128 Å². The standard InChI is InChI=1S/C34H32ClFN6O5/c1-40-15-22(32(45)41(2)33(40)46)30(44)37-23-9-5-7-20(29(23)36)19-6-4-8-21(28(19)35)24-14-18-10-11-25(27(18)31(38-24)47-3)42-16-34(17-42)13-12-26(43)39-34/h4-9,14-15,25H,10-13,16-17H2,1-3H3,(H,37,44)(H,39,43)/t25-/m0/s1. The number of fused-ring (bicyclic) bond motifs is 1. The Labute approximate surface area is 273 Å². The Morgan fingerprint density at radius 1 is 1.09 bits per heavy atom. The number of hydrogen-bond acceptors (Lipinski definition) is 7. The number of methoxy groups -OCH3 is 1. The molecule has 1 aliphatic carbocycles. The molecule has 1 spiro atoms. The van der Waals surface area contributed by atoms with Gasteiger partial charge in [0.05, 0.1) is 29.1 Å². The van der Waals surface area contributed by atoms with Crippen LogP contribution in [0.5, 0.6) is 5.88 Å². The first kappa shape index (κ1) is 30.8. The predicted molar refractivity (Wildman–Crippen MR) is 174 cm³/mol. The number of anilines is 1. The fourth-order valence-electron chi connectivity index (χ4n) is 7.13. The number of nitrogens with one attached hydrogen (secondary N) is 2. The molecule has 242 valence electrons. The van der Waals surface area contributed by atoms with Crippen LogP contribution in [0.25, 0.3) is 22.4 Å². The number of aromatic nitrogens is 3. The van der Waals surface area contributed by atoms with Crippen molar-refractivity contribution < 1.29 is 18.7 Å². The molecule has 13 heteroatoms. The maximum Gasteiger partial charge on any atom is 0.330 e. The van der Waals surface area contributed by atoms with Crippen molar-refractivity contribution in [3.8, 4) is 28.3 Å². The summed E-state index contributed by atoms with van der Waals surface area (Å²) < 4.78 is 23.7. The first-order valence-electron chi connectivity index (χ1n) is 15.3. The van der Waals surface area contributed by atoms with Crippen molar-refractivity contribution in [2.75, 3.05) is 25.5 Å². The van der Waals surface area contributed by atoms with E-state index in [-0.39, 0.29) is 39.3 Å². The number of pyridine rings is 1. The molecule has 3 aliphatic rings. The minimum Gasteiger partial charge on any atom is -0.481 e. The van der Waals surface area contributed by atoms with Crippen molar-refractivity contribution in [1.29, 1.82) is 0 Å². The van der Waals surface area contributed by atoms with Gasteiger partial charge in [-0.3, -0.25) is 23.9 Å². The monoisotopic (exact) mass is 658 g/mol. The van der Waals surface area contributed by atoms with Crippen molar-refractivity contribution in [3.05, 3.63) is 97.0 Å². The third-order valence-corrected chi connectivity index (χ3v) is 9.92. The van der Waals surface area contributed by atoms with E-state index >= 15 is 4.39 Å². The summed E-state index contributed by atoms with van der Waals surface area (Å²) in [5.74, 6) is -0.969. The van der Waals surface area contributed by atoms with Crippen molar-refractivity contribution >= 4 is 29.1 Å². The van der Waals surface area contributed by atoms with E-state index in [1.54, 1.807) is 31.4 Å². The van der Waals surface area contributed by atoms with E-state index in [2.05, 4.69) is 15.5 Å². The number of amides is 2. The Morgan fingerprint density at radius 2 is 1.81 bits per heavy atom. The van der Waals surface area contributed by atoms with E-state index in [9.17, 15) is 19.2 Å². The minimum atomic E-state index is -0.855. The SMILES string of the molecule is COc1nc(-c2cccc(-c3cccc(NC(=O)c4cn(C)c(=O)n(C)c4=O)c3F)c2Cl)cc2c1[C@@H](N1CC3(CCC(=O)N3)C1)CC2. The minimum absolute atomic E-state index is 0.115. The van der Waals surface area contributed by atoms with Crippen LogP contribution in [0.15, 0.2) is 58.3 Å². The van der Waals surface area contributed by atoms with E-state index in [4.69, 9.17) is 21.3 Å². The molecule has 2 aliphatic heterocycles. The van der Waals surface area contributed by atoms with Crippen molar-refractivity contribution in [2.24, 2.45) is 14.1 Å². The van der Waals surface area contributed by atoms with Gasteiger partial charge >= 0.3 is 5.69 Å². The normalized spacial score (nSPS) is 18.1. The van der Waals surface area contributed by atoms with Crippen LogP contribution in [-0.2, 0) is 25.3 Å². The lowest BCUT2D eigenvalue weighted by Crippen LogP contribution is -2.67. The molecule has 47 heavy (non-hydrogen) atoms. The third-order valence-electron chi connectivity index (χ3n) is 9.51. The maximum absolute atomic E-state index is 16.0. The number of hydrogen-bond donors (Lipinski definition) is 2. The molecule has 2 saturated heterocycles. The molecular formula is C34H32ClFN6O5. The molecule has 2 amide bonds. The van der Waals surface area contributed by atoms with E-state index in [0.29, 0.717) is 29.1 Å². The Morgan fingerprint density at radius 3 is 2.53 bits per heavy atom. The van der Waals surface area contributed by atoms with Crippen LogP contribution in [0.3, 0.4) is 0 Å². The average molecular weight is 659 g/mol. The van der Waals surface area contributed by atoms with Gasteiger partial charge in [0.15, 0.2) is 5.82 Å². The van der Waals surface area contributed by atoms with E-state index in [0.717, 1.165) is 58.8 Å². The molecule has 2 aromatic carbocycles. The van der Waals surface area contributed by atoms with E-state index < -0.39 is 23.0 Å². The number of aryl methyl sites for hydroxylation is 2. The van der Waals surface area contributed by atoms with E-state index in [1.165, 1.54) is 20.2 Å². The fraction of sp³-hybridized carbons (Fsp3) is 0.324. The molecule has 1 atom stereocenters. The molecule has 4 heterocycles. The number of carbonyl (C=O) groups is 2. The van der Waals surface area contributed by atoms with Gasteiger partial charge in [-0.1, -0.05) is 41.9 Å². The third kappa shape index (κ3) is 5.12. The fourth-order valence-corrected chi connectivity index (χ4v) is 7.46. The zero-order chi connectivity index (χ0) is 33.2. The molecule has 0 saturated carbocycles. The van der Waals surface area contributed by atoms with Crippen molar-refractivity contribution in [1.82, 2.24) is 24.3 Å². The second-order valence-corrected chi connectivity index (χ2v) is 12.8. The Hall–Kier alpha value is -4.81. The Balaban J connectivity index is 1.18. The second-order valence-electron chi connectivity index (χ2n) is 12.5. The highest BCUT2D eigenvalue weighted by Crippen LogP contribution is 2.47. The molecule has 2 fully saturated rings. The molecule has 4 aromatic rings. The lowest BCUT2D eigenvalue weighted by atomic mass is 9.86. The Kier molecular flexibility index (Phi) is 7.52. The number of ether oxygens (including phenoxy) is 1. The molecule has 0 unspecified atom stereocenters. The Bertz CT molecular complexity index is 2100. The van der Waals surface area contributed by atoms with Gasteiger partial charge in [0.2, 0.25) is 11.8 Å². The largest absolute Gasteiger partial charge is 0.481 e.